The smallest absolute Gasteiger partial charge is 0.251 e. The summed E-state index contributed by atoms with van der Waals surface area (Å²) in [6.45, 7) is 0.387. The lowest BCUT2D eigenvalue weighted by Crippen LogP contribution is -2.22. The van der Waals surface area contributed by atoms with Crippen LogP contribution < -0.4 is 5.32 Å². The van der Waals surface area contributed by atoms with Crippen LogP contribution in [0.3, 0.4) is 0 Å². The molecule has 1 amide bonds. The Morgan fingerprint density at radius 3 is 2.33 bits per heavy atom. The van der Waals surface area contributed by atoms with Gasteiger partial charge in [0.25, 0.3) is 5.91 Å². The summed E-state index contributed by atoms with van der Waals surface area (Å²) in [5.74, 6) is -0.105. The number of hydrogen-bond acceptors (Lipinski definition) is 4. The van der Waals surface area contributed by atoms with E-state index in [1.165, 1.54) is 11.3 Å². The second-order valence-electron chi connectivity index (χ2n) is 4.42. The molecule has 0 aliphatic heterocycles. The van der Waals surface area contributed by atoms with Gasteiger partial charge in [0.15, 0.2) is 0 Å². The summed E-state index contributed by atoms with van der Waals surface area (Å²) in [5, 5.41) is 12.8. The Labute approximate surface area is 126 Å². The third kappa shape index (κ3) is 3.32. The van der Waals surface area contributed by atoms with Crippen LogP contribution in [0.5, 0.6) is 0 Å². The van der Waals surface area contributed by atoms with E-state index in [0.29, 0.717) is 12.1 Å². The molecule has 3 aromatic rings. The van der Waals surface area contributed by atoms with Crippen molar-refractivity contribution in [1.82, 2.24) is 15.5 Å². The predicted octanol–water partition coefficient (Wildman–Crippen LogP) is 3.14. The molecule has 0 atom stereocenters. The van der Waals surface area contributed by atoms with Gasteiger partial charge in [-0.1, -0.05) is 59.9 Å². The van der Waals surface area contributed by atoms with Gasteiger partial charge < -0.3 is 5.32 Å². The predicted molar refractivity (Wildman–Crippen MR) is 83.0 cm³/mol. The van der Waals surface area contributed by atoms with E-state index >= 15 is 0 Å². The highest BCUT2D eigenvalue weighted by Gasteiger charge is 2.08. The fourth-order valence-corrected chi connectivity index (χ4v) is 2.65. The molecule has 0 aliphatic carbocycles. The molecule has 0 saturated heterocycles. The van der Waals surface area contributed by atoms with Crippen LogP contribution >= 0.6 is 11.3 Å². The molecule has 0 bridgehead atoms. The molecule has 5 heteroatoms. The number of hydrogen-bond donors (Lipinski definition) is 1. The van der Waals surface area contributed by atoms with E-state index in [1.54, 1.807) is 12.1 Å². The number of rotatable bonds is 4. The van der Waals surface area contributed by atoms with Gasteiger partial charge in [0.1, 0.15) is 10.0 Å². The number of nitrogens with zero attached hydrogens (tertiary/aromatic N) is 2. The molecule has 104 valence electrons. The molecule has 1 N–H and O–H groups in total. The molecular weight excluding hydrogens is 282 g/mol. The van der Waals surface area contributed by atoms with E-state index in [4.69, 9.17) is 0 Å². The summed E-state index contributed by atoms with van der Waals surface area (Å²) in [6.07, 6.45) is 0. The minimum Gasteiger partial charge on any atom is -0.345 e. The number of carbonyl (C=O) groups is 1. The van der Waals surface area contributed by atoms with Crippen molar-refractivity contribution >= 4 is 17.2 Å². The zero-order valence-corrected chi connectivity index (χ0v) is 12.0. The van der Waals surface area contributed by atoms with Crippen LogP contribution in [0.2, 0.25) is 0 Å². The minimum absolute atomic E-state index is 0.105. The maximum Gasteiger partial charge on any atom is 0.251 e. The Hall–Kier alpha value is -2.53. The summed E-state index contributed by atoms with van der Waals surface area (Å²) in [7, 11) is 0. The maximum absolute atomic E-state index is 11.9. The molecule has 4 nitrogen and oxygen atoms in total. The summed E-state index contributed by atoms with van der Waals surface area (Å²) in [4.78, 5) is 11.9. The number of aromatic nitrogens is 2. The first-order valence-corrected chi connectivity index (χ1v) is 7.35. The summed E-state index contributed by atoms with van der Waals surface area (Å²) >= 11 is 1.49. The monoisotopic (exact) mass is 295 g/mol. The molecule has 1 heterocycles. The first-order chi connectivity index (χ1) is 10.3. The standard InChI is InChI=1S/C16H13N3OS/c20-15(12-7-3-1-4-8-12)17-11-14-18-19-16(21-14)13-9-5-2-6-10-13/h1-10H,11H2,(H,17,20). The maximum atomic E-state index is 11.9. The van der Waals surface area contributed by atoms with Crippen molar-refractivity contribution in [1.29, 1.82) is 0 Å². The SMILES string of the molecule is O=C(NCc1nnc(-c2ccccc2)s1)c1ccccc1. The number of carbonyl (C=O) groups excluding carboxylic acids is 1. The first-order valence-electron chi connectivity index (χ1n) is 6.54. The zero-order valence-electron chi connectivity index (χ0n) is 11.2. The van der Waals surface area contributed by atoms with Crippen molar-refractivity contribution in [3.05, 3.63) is 71.2 Å². The van der Waals surface area contributed by atoms with Gasteiger partial charge in [0, 0.05) is 11.1 Å². The number of nitrogens with one attached hydrogen (secondary N) is 1. The van der Waals surface area contributed by atoms with Gasteiger partial charge in [-0.25, -0.2) is 0 Å². The lowest BCUT2D eigenvalue weighted by molar-refractivity contribution is 0.0951. The molecule has 3 rings (SSSR count). The number of amides is 1. The average Bonchev–Trinajstić information content (AvgIpc) is 3.03. The summed E-state index contributed by atoms with van der Waals surface area (Å²) in [5.41, 5.74) is 1.68. The van der Waals surface area contributed by atoms with Crippen LogP contribution in [-0.2, 0) is 6.54 Å². The molecule has 0 saturated carbocycles. The Balaban J connectivity index is 1.64. The van der Waals surface area contributed by atoms with Crippen molar-refractivity contribution in [3.8, 4) is 10.6 Å². The van der Waals surface area contributed by atoms with Gasteiger partial charge in [-0.05, 0) is 12.1 Å². The normalized spacial score (nSPS) is 10.3. The van der Waals surface area contributed by atoms with E-state index in [2.05, 4.69) is 15.5 Å². The minimum atomic E-state index is -0.105. The van der Waals surface area contributed by atoms with Crippen LogP contribution in [-0.4, -0.2) is 16.1 Å². The Morgan fingerprint density at radius 2 is 1.62 bits per heavy atom. The van der Waals surface area contributed by atoms with E-state index in [0.717, 1.165) is 15.6 Å². The van der Waals surface area contributed by atoms with Crippen LogP contribution in [0.4, 0.5) is 0 Å². The van der Waals surface area contributed by atoms with Crippen molar-refractivity contribution < 1.29 is 4.79 Å². The van der Waals surface area contributed by atoms with Crippen molar-refractivity contribution in [2.24, 2.45) is 0 Å². The second-order valence-corrected chi connectivity index (χ2v) is 5.48. The fraction of sp³-hybridized carbons (Fsp3) is 0.0625. The molecule has 2 aromatic carbocycles. The molecule has 21 heavy (non-hydrogen) atoms. The molecule has 0 fully saturated rings. The van der Waals surface area contributed by atoms with Gasteiger partial charge in [0.2, 0.25) is 0 Å². The highest BCUT2D eigenvalue weighted by molar-refractivity contribution is 7.14. The molecule has 0 aliphatic rings. The quantitative estimate of drug-likeness (QED) is 0.804. The van der Waals surface area contributed by atoms with Crippen molar-refractivity contribution in [2.75, 3.05) is 0 Å². The van der Waals surface area contributed by atoms with E-state index in [1.807, 2.05) is 48.5 Å². The molecule has 0 radical (unpaired) electrons. The Morgan fingerprint density at radius 1 is 0.952 bits per heavy atom. The van der Waals surface area contributed by atoms with E-state index in [-0.39, 0.29) is 5.91 Å². The molecule has 1 aromatic heterocycles. The third-order valence-electron chi connectivity index (χ3n) is 2.92. The van der Waals surface area contributed by atoms with Crippen LogP contribution in [0.25, 0.3) is 10.6 Å². The van der Waals surface area contributed by atoms with Gasteiger partial charge in [-0.15, -0.1) is 10.2 Å². The van der Waals surface area contributed by atoms with Crippen molar-refractivity contribution in [3.63, 3.8) is 0 Å². The van der Waals surface area contributed by atoms with Crippen LogP contribution in [0, 0.1) is 0 Å². The van der Waals surface area contributed by atoms with E-state index < -0.39 is 0 Å². The fourth-order valence-electron chi connectivity index (χ4n) is 1.87. The highest BCUT2D eigenvalue weighted by atomic mass is 32.1. The lowest BCUT2D eigenvalue weighted by atomic mass is 10.2. The van der Waals surface area contributed by atoms with Gasteiger partial charge >= 0.3 is 0 Å². The molecule has 0 unspecified atom stereocenters. The Bertz CT molecular complexity index is 726. The second kappa shape index (κ2) is 6.28. The lowest BCUT2D eigenvalue weighted by Gasteiger charge is -2.01. The van der Waals surface area contributed by atoms with Gasteiger partial charge in [-0.3, -0.25) is 4.79 Å². The zero-order chi connectivity index (χ0) is 14.5. The topological polar surface area (TPSA) is 54.9 Å². The Kier molecular flexibility index (Phi) is 4.02. The van der Waals surface area contributed by atoms with Crippen LogP contribution in [0.1, 0.15) is 15.4 Å². The number of benzene rings is 2. The van der Waals surface area contributed by atoms with Gasteiger partial charge in [-0.2, -0.15) is 0 Å². The van der Waals surface area contributed by atoms with Crippen molar-refractivity contribution in [2.45, 2.75) is 6.54 Å². The van der Waals surface area contributed by atoms with Crippen LogP contribution in [0.15, 0.2) is 60.7 Å². The third-order valence-corrected chi connectivity index (χ3v) is 3.90. The molecular formula is C16H13N3OS. The largest absolute Gasteiger partial charge is 0.345 e. The first kappa shape index (κ1) is 13.5. The van der Waals surface area contributed by atoms with E-state index in [9.17, 15) is 4.79 Å². The average molecular weight is 295 g/mol. The van der Waals surface area contributed by atoms with Gasteiger partial charge in [0.05, 0.1) is 6.54 Å². The highest BCUT2D eigenvalue weighted by Crippen LogP contribution is 2.22. The summed E-state index contributed by atoms with van der Waals surface area (Å²) < 4.78 is 0. The molecule has 0 spiro atoms. The summed E-state index contributed by atoms with van der Waals surface area (Å²) in [6, 6.07) is 19.0.